The van der Waals surface area contributed by atoms with Gasteiger partial charge >= 0.3 is 0 Å². The maximum atomic E-state index is 13.8. The van der Waals surface area contributed by atoms with Crippen LogP contribution in [-0.4, -0.2) is 16.8 Å². The van der Waals surface area contributed by atoms with Gasteiger partial charge in [0.05, 0.1) is 23.4 Å². The molecule has 6 rings (SSSR count). The molecular formula is C28H21BrN2O3S. The number of thiazole rings is 1. The average Bonchev–Trinajstić information content (AvgIpc) is 3.19. The number of ether oxygens (including phenoxy) is 1. The highest BCUT2D eigenvalue weighted by Crippen LogP contribution is 2.41. The van der Waals surface area contributed by atoms with Crippen LogP contribution in [-0.2, 0) is 6.42 Å². The van der Waals surface area contributed by atoms with Crippen molar-refractivity contribution in [2.75, 3.05) is 7.11 Å². The number of phenolic OH excluding ortho intramolecular Hbond substituents is 1. The molecule has 35 heavy (non-hydrogen) atoms. The Kier molecular flexibility index (Phi) is 5.46. The van der Waals surface area contributed by atoms with Gasteiger partial charge in [-0.05, 0) is 65.9 Å². The van der Waals surface area contributed by atoms with Crippen molar-refractivity contribution in [2.45, 2.75) is 18.9 Å². The van der Waals surface area contributed by atoms with Crippen molar-refractivity contribution < 1.29 is 9.84 Å². The maximum absolute atomic E-state index is 13.8. The van der Waals surface area contributed by atoms with Gasteiger partial charge in [-0.2, -0.15) is 0 Å². The van der Waals surface area contributed by atoms with Gasteiger partial charge < -0.3 is 9.84 Å². The minimum atomic E-state index is -0.275. The van der Waals surface area contributed by atoms with Crippen LogP contribution < -0.4 is 19.6 Å². The number of rotatable bonds is 3. The topological polar surface area (TPSA) is 63.8 Å². The Morgan fingerprint density at radius 2 is 1.97 bits per heavy atom. The summed E-state index contributed by atoms with van der Waals surface area (Å²) in [4.78, 5) is 19.5. The minimum absolute atomic E-state index is 0.119. The summed E-state index contributed by atoms with van der Waals surface area (Å²) >= 11 is 4.79. The average molecular weight is 545 g/mol. The lowest BCUT2D eigenvalue weighted by molar-refractivity contribution is 0.413. The molecule has 0 radical (unpaired) electrons. The molecule has 7 heteroatoms. The molecule has 3 aromatic carbocycles. The zero-order valence-electron chi connectivity index (χ0n) is 18.9. The molecule has 1 aliphatic carbocycles. The van der Waals surface area contributed by atoms with E-state index in [1.54, 1.807) is 36.0 Å². The Bertz CT molecular complexity index is 1700. The van der Waals surface area contributed by atoms with E-state index in [9.17, 15) is 9.90 Å². The molecule has 0 saturated heterocycles. The normalized spacial score (nSPS) is 16.9. The van der Waals surface area contributed by atoms with Crippen molar-refractivity contribution in [3.63, 3.8) is 0 Å². The molecule has 0 amide bonds. The lowest BCUT2D eigenvalue weighted by Gasteiger charge is -2.31. The monoisotopic (exact) mass is 544 g/mol. The number of phenols is 1. The summed E-state index contributed by atoms with van der Waals surface area (Å²) in [6.45, 7) is 0. The summed E-state index contributed by atoms with van der Waals surface area (Å²) in [5.74, 6) is 0.871. The Morgan fingerprint density at radius 1 is 1.11 bits per heavy atom. The van der Waals surface area contributed by atoms with Crippen molar-refractivity contribution in [3.05, 3.63) is 119 Å². The van der Waals surface area contributed by atoms with Crippen LogP contribution in [0.5, 0.6) is 11.5 Å². The molecule has 2 aliphatic rings. The van der Waals surface area contributed by atoms with Gasteiger partial charge in [-0.1, -0.05) is 63.7 Å². The number of methoxy groups -OCH3 is 1. The molecule has 2 heterocycles. The number of allylic oxidation sites excluding steroid dienone is 1. The van der Waals surface area contributed by atoms with Crippen molar-refractivity contribution in [1.82, 2.24) is 4.57 Å². The first kappa shape index (κ1) is 22.1. The van der Waals surface area contributed by atoms with E-state index in [4.69, 9.17) is 9.73 Å². The number of aromatic hydroxyl groups is 1. The van der Waals surface area contributed by atoms with Gasteiger partial charge in [-0.25, -0.2) is 4.99 Å². The lowest BCUT2D eigenvalue weighted by atomic mass is 9.83. The predicted octanol–water partition coefficient (Wildman–Crippen LogP) is 4.80. The molecule has 4 aromatic rings. The predicted molar refractivity (Wildman–Crippen MR) is 142 cm³/mol. The molecule has 174 valence electrons. The molecule has 0 fully saturated rings. The summed E-state index contributed by atoms with van der Waals surface area (Å²) < 4.78 is 8.66. The summed E-state index contributed by atoms with van der Waals surface area (Å²) in [5, 5.41) is 10.4. The number of halogens is 1. The molecule has 0 saturated carbocycles. The van der Waals surface area contributed by atoms with Gasteiger partial charge in [0.25, 0.3) is 5.56 Å². The van der Waals surface area contributed by atoms with Crippen LogP contribution in [0.1, 0.15) is 34.7 Å². The number of hydrogen-bond donors (Lipinski definition) is 1. The third-order valence-electron chi connectivity index (χ3n) is 6.56. The summed E-state index contributed by atoms with van der Waals surface area (Å²) in [6, 6.07) is 21.2. The van der Waals surface area contributed by atoms with E-state index in [2.05, 4.69) is 34.1 Å². The summed E-state index contributed by atoms with van der Waals surface area (Å²) in [6.07, 6.45) is 3.47. The number of benzene rings is 3. The van der Waals surface area contributed by atoms with Crippen LogP contribution >= 0.6 is 27.3 Å². The second-order valence-corrected chi connectivity index (χ2v) is 10.5. The van der Waals surface area contributed by atoms with Gasteiger partial charge in [0.2, 0.25) is 0 Å². The Hall–Kier alpha value is -3.42. The van der Waals surface area contributed by atoms with Crippen molar-refractivity contribution >= 4 is 39.0 Å². The zero-order chi connectivity index (χ0) is 24.1. The van der Waals surface area contributed by atoms with Crippen LogP contribution in [0.25, 0.3) is 11.8 Å². The van der Waals surface area contributed by atoms with E-state index < -0.39 is 0 Å². The molecule has 1 unspecified atom stereocenters. The molecule has 5 nitrogen and oxygen atoms in total. The van der Waals surface area contributed by atoms with E-state index >= 15 is 0 Å². The molecule has 1 N–H and O–H groups in total. The largest absolute Gasteiger partial charge is 0.507 e. The number of nitrogens with zero attached hydrogens (tertiary/aromatic N) is 2. The van der Waals surface area contributed by atoms with Crippen LogP contribution in [0.4, 0.5) is 0 Å². The van der Waals surface area contributed by atoms with E-state index in [0.29, 0.717) is 14.9 Å². The zero-order valence-corrected chi connectivity index (χ0v) is 21.3. The van der Waals surface area contributed by atoms with Gasteiger partial charge in [-0.15, -0.1) is 0 Å². The lowest BCUT2D eigenvalue weighted by Crippen LogP contribution is -2.38. The van der Waals surface area contributed by atoms with Gasteiger partial charge in [0.1, 0.15) is 11.5 Å². The summed E-state index contributed by atoms with van der Waals surface area (Å²) in [7, 11) is 1.65. The summed E-state index contributed by atoms with van der Waals surface area (Å²) in [5.41, 5.74) is 5.95. The van der Waals surface area contributed by atoms with Crippen molar-refractivity contribution in [3.8, 4) is 11.5 Å². The minimum Gasteiger partial charge on any atom is -0.507 e. The molecule has 1 atom stereocenters. The number of aromatic nitrogens is 1. The van der Waals surface area contributed by atoms with Crippen LogP contribution in [0.15, 0.2) is 86.6 Å². The fraction of sp³-hybridized carbons (Fsp3) is 0.143. The third kappa shape index (κ3) is 3.75. The fourth-order valence-electron chi connectivity index (χ4n) is 4.92. The first-order valence-electron chi connectivity index (χ1n) is 11.3. The van der Waals surface area contributed by atoms with E-state index in [0.717, 1.165) is 45.5 Å². The number of fused-ring (bicyclic) bond motifs is 3. The van der Waals surface area contributed by atoms with Crippen LogP contribution in [0.2, 0.25) is 0 Å². The van der Waals surface area contributed by atoms with Crippen LogP contribution in [0.3, 0.4) is 0 Å². The Labute approximate surface area is 214 Å². The smallest absolute Gasteiger partial charge is 0.271 e. The van der Waals surface area contributed by atoms with Crippen LogP contribution in [0, 0.1) is 0 Å². The molecule has 1 aromatic heterocycles. The highest BCUT2D eigenvalue weighted by atomic mass is 79.9. The highest BCUT2D eigenvalue weighted by molar-refractivity contribution is 9.10. The number of aryl methyl sites for hydroxylation is 1. The SMILES string of the molecule is COc1cccc(C2C3=C(N=c4sc(=Cc5cc(Br)ccc5O)c(=O)n42)c2ccccc2CC3)c1. The van der Waals surface area contributed by atoms with Crippen molar-refractivity contribution in [2.24, 2.45) is 4.99 Å². The third-order valence-corrected chi connectivity index (χ3v) is 8.03. The van der Waals surface area contributed by atoms with Gasteiger partial charge in [-0.3, -0.25) is 9.36 Å². The first-order valence-corrected chi connectivity index (χ1v) is 12.9. The highest BCUT2D eigenvalue weighted by Gasteiger charge is 2.32. The first-order chi connectivity index (χ1) is 17.0. The molecule has 0 spiro atoms. The molecule has 0 bridgehead atoms. The second-order valence-electron chi connectivity index (χ2n) is 8.59. The maximum Gasteiger partial charge on any atom is 0.271 e. The quantitative estimate of drug-likeness (QED) is 0.403. The van der Waals surface area contributed by atoms with Gasteiger partial charge in [0, 0.05) is 15.6 Å². The molecular weight excluding hydrogens is 524 g/mol. The van der Waals surface area contributed by atoms with Crippen molar-refractivity contribution in [1.29, 1.82) is 0 Å². The van der Waals surface area contributed by atoms with E-state index in [1.807, 2.05) is 30.3 Å². The molecule has 1 aliphatic heterocycles. The standard InChI is InChI=1S/C28H21BrN2O3S/c1-34-20-7-4-6-17(14-20)26-22-11-9-16-5-2-3-8-21(16)25(22)30-28-31(26)27(33)24(35-28)15-18-13-19(29)10-12-23(18)32/h2-8,10,12-15,26,32H,9,11H2,1H3. The fourth-order valence-corrected chi connectivity index (χ4v) is 6.29. The second kappa shape index (κ2) is 8.66. The Balaban J connectivity index is 1.64. The van der Waals surface area contributed by atoms with Gasteiger partial charge in [0.15, 0.2) is 4.80 Å². The Morgan fingerprint density at radius 3 is 2.83 bits per heavy atom. The van der Waals surface area contributed by atoms with E-state index in [1.165, 1.54) is 16.9 Å². The van der Waals surface area contributed by atoms with E-state index in [-0.39, 0.29) is 17.4 Å². The number of hydrogen-bond acceptors (Lipinski definition) is 5.